The molecule has 3 atom stereocenters. The van der Waals surface area contributed by atoms with E-state index in [1.165, 1.54) is 25.0 Å². The molecule has 0 saturated heterocycles. The van der Waals surface area contributed by atoms with Crippen molar-refractivity contribution in [3.8, 4) is 0 Å². The third-order valence-corrected chi connectivity index (χ3v) is 5.07. The zero-order valence-corrected chi connectivity index (χ0v) is 13.8. The maximum Gasteiger partial charge on any atom is 0.0627 e. The molecule has 1 N–H and O–H groups in total. The van der Waals surface area contributed by atoms with Crippen LogP contribution in [0.4, 0.5) is 0 Å². The summed E-state index contributed by atoms with van der Waals surface area (Å²) in [7, 11) is 4.08. The van der Waals surface area contributed by atoms with Gasteiger partial charge >= 0.3 is 0 Å². The summed E-state index contributed by atoms with van der Waals surface area (Å²) in [5.41, 5.74) is 1.70. The first-order valence-electron chi connectivity index (χ1n) is 8.03. The van der Waals surface area contributed by atoms with Crippen molar-refractivity contribution in [2.45, 2.75) is 46.5 Å². The lowest BCUT2D eigenvalue weighted by Crippen LogP contribution is -2.36. The molecule has 114 valence electrons. The van der Waals surface area contributed by atoms with Crippen LogP contribution in [-0.2, 0) is 13.5 Å². The van der Waals surface area contributed by atoms with Gasteiger partial charge in [0, 0.05) is 13.2 Å². The summed E-state index contributed by atoms with van der Waals surface area (Å²) in [4.78, 5) is 0. The number of hydrogen-bond donors (Lipinski definition) is 1. The van der Waals surface area contributed by atoms with Crippen LogP contribution in [0.5, 0.6) is 0 Å². The largest absolute Gasteiger partial charge is 0.319 e. The van der Waals surface area contributed by atoms with Crippen LogP contribution in [0.2, 0.25) is 0 Å². The lowest BCUT2D eigenvalue weighted by atomic mass is 9.64. The van der Waals surface area contributed by atoms with Crippen LogP contribution in [0.1, 0.15) is 45.7 Å². The van der Waals surface area contributed by atoms with Gasteiger partial charge in [-0.2, -0.15) is 5.10 Å². The van der Waals surface area contributed by atoms with Crippen LogP contribution in [0.15, 0.2) is 12.3 Å². The molecule has 0 aromatic carbocycles. The summed E-state index contributed by atoms with van der Waals surface area (Å²) in [5.74, 6) is 2.43. The molecule has 0 amide bonds. The molecule has 1 fully saturated rings. The Morgan fingerprint density at radius 3 is 2.60 bits per heavy atom. The van der Waals surface area contributed by atoms with Crippen LogP contribution in [0.3, 0.4) is 0 Å². The molecule has 3 unspecified atom stereocenters. The third kappa shape index (κ3) is 3.85. The molecule has 3 heteroatoms. The Hall–Kier alpha value is -0.830. The smallest absolute Gasteiger partial charge is 0.0627 e. The second-order valence-corrected chi connectivity index (χ2v) is 7.64. The monoisotopic (exact) mass is 277 g/mol. The first kappa shape index (κ1) is 15.6. The molecule has 0 bridgehead atoms. The Balaban J connectivity index is 2.06. The van der Waals surface area contributed by atoms with Gasteiger partial charge in [0.25, 0.3) is 0 Å². The average Bonchev–Trinajstić information content (AvgIpc) is 2.76. The van der Waals surface area contributed by atoms with E-state index in [1.807, 2.05) is 11.7 Å². The van der Waals surface area contributed by atoms with E-state index in [2.05, 4.69) is 50.5 Å². The van der Waals surface area contributed by atoms with Gasteiger partial charge in [0.1, 0.15) is 0 Å². The van der Waals surface area contributed by atoms with Crippen LogP contribution in [0.25, 0.3) is 0 Å². The molecule has 1 saturated carbocycles. The first-order chi connectivity index (χ1) is 9.40. The minimum absolute atomic E-state index is 0.437. The van der Waals surface area contributed by atoms with Crippen molar-refractivity contribution in [3.05, 3.63) is 18.0 Å². The highest BCUT2D eigenvalue weighted by Crippen LogP contribution is 2.43. The summed E-state index contributed by atoms with van der Waals surface area (Å²) in [6.07, 6.45) is 7.30. The van der Waals surface area contributed by atoms with E-state index >= 15 is 0 Å². The van der Waals surface area contributed by atoms with E-state index in [0.717, 1.165) is 30.7 Å². The normalized spacial score (nSPS) is 27.8. The molecule has 1 aromatic heterocycles. The van der Waals surface area contributed by atoms with Crippen molar-refractivity contribution >= 4 is 0 Å². The van der Waals surface area contributed by atoms with Gasteiger partial charge < -0.3 is 5.32 Å². The fraction of sp³-hybridized carbons (Fsp3) is 0.824. The highest BCUT2D eigenvalue weighted by atomic mass is 15.2. The molecule has 1 heterocycles. The predicted molar refractivity (Wildman–Crippen MR) is 84.6 cm³/mol. The highest BCUT2D eigenvalue weighted by molar-refractivity contribution is 5.02. The van der Waals surface area contributed by atoms with Crippen LogP contribution >= 0.6 is 0 Å². The standard InChI is InChI=1S/C17H31N3/c1-17(2,3)15-7-6-13(12-18-4)14(10-15)11-16-8-9-20(5)19-16/h8-9,13-15,18H,6-7,10-12H2,1-5H3. The Labute approximate surface area is 124 Å². The van der Waals surface area contributed by atoms with E-state index in [1.54, 1.807) is 0 Å². The van der Waals surface area contributed by atoms with Gasteiger partial charge in [-0.1, -0.05) is 20.8 Å². The lowest BCUT2D eigenvalue weighted by molar-refractivity contribution is 0.0975. The maximum atomic E-state index is 4.58. The Morgan fingerprint density at radius 1 is 1.30 bits per heavy atom. The van der Waals surface area contributed by atoms with Crippen LogP contribution in [0, 0.1) is 23.2 Å². The molecular formula is C17H31N3. The van der Waals surface area contributed by atoms with Gasteiger partial charge in [0.15, 0.2) is 0 Å². The summed E-state index contributed by atoms with van der Waals surface area (Å²) in [6.45, 7) is 8.34. The second-order valence-electron chi connectivity index (χ2n) is 7.64. The summed E-state index contributed by atoms with van der Waals surface area (Å²) in [5, 5.41) is 7.97. The number of aromatic nitrogens is 2. The van der Waals surface area contributed by atoms with Crippen molar-refractivity contribution in [1.29, 1.82) is 0 Å². The molecular weight excluding hydrogens is 246 g/mol. The third-order valence-electron chi connectivity index (χ3n) is 5.07. The van der Waals surface area contributed by atoms with Gasteiger partial charge in [0.05, 0.1) is 5.69 Å². The Bertz CT molecular complexity index is 416. The van der Waals surface area contributed by atoms with Gasteiger partial charge in [-0.15, -0.1) is 0 Å². The number of rotatable bonds is 4. The van der Waals surface area contributed by atoms with E-state index in [4.69, 9.17) is 0 Å². The molecule has 1 aromatic rings. The number of aryl methyl sites for hydroxylation is 1. The molecule has 1 aliphatic rings. The van der Waals surface area contributed by atoms with Crippen molar-refractivity contribution < 1.29 is 0 Å². The Kier molecular flexibility index (Phi) is 4.90. The molecule has 0 aliphatic heterocycles. The van der Waals surface area contributed by atoms with E-state index < -0.39 is 0 Å². The summed E-state index contributed by atoms with van der Waals surface area (Å²) in [6, 6.07) is 2.18. The van der Waals surface area contributed by atoms with Gasteiger partial charge in [-0.05, 0) is 68.5 Å². The van der Waals surface area contributed by atoms with Gasteiger partial charge in [0.2, 0.25) is 0 Å². The summed E-state index contributed by atoms with van der Waals surface area (Å²) < 4.78 is 1.92. The SMILES string of the molecule is CNCC1CCC(C(C)(C)C)CC1Cc1ccn(C)n1. The minimum atomic E-state index is 0.437. The molecule has 2 rings (SSSR count). The predicted octanol–water partition coefficient (Wildman–Crippen LogP) is 3.26. The van der Waals surface area contributed by atoms with Crippen molar-refractivity contribution in [3.63, 3.8) is 0 Å². The number of hydrogen-bond acceptors (Lipinski definition) is 2. The van der Waals surface area contributed by atoms with Gasteiger partial charge in [-0.25, -0.2) is 0 Å². The number of nitrogens with one attached hydrogen (secondary N) is 1. The van der Waals surface area contributed by atoms with Crippen LogP contribution < -0.4 is 5.32 Å². The molecule has 20 heavy (non-hydrogen) atoms. The fourth-order valence-corrected chi connectivity index (χ4v) is 3.73. The molecule has 0 spiro atoms. The van der Waals surface area contributed by atoms with E-state index in [0.29, 0.717) is 5.41 Å². The van der Waals surface area contributed by atoms with Crippen molar-refractivity contribution in [2.24, 2.45) is 30.2 Å². The van der Waals surface area contributed by atoms with Crippen molar-refractivity contribution in [1.82, 2.24) is 15.1 Å². The minimum Gasteiger partial charge on any atom is -0.319 e. The molecule has 3 nitrogen and oxygen atoms in total. The lowest BCUT2D eigenvalue weighted by Gasteiger charge is -2.42. The first-order valence-corrected chi connectivity index (χ1v) is 8.03. The zero-order valence-electron chi connectivity index (χ0n) is 13.8. The molecule has 1 aliphatic carbocycles. The second kappa shape index (κ2) is 6.30. The summed E-state index contributed by atoms with van der Waals surface area (Å²) >= 11 is 0. The topological polar surface area (TPSA) is 29.9 Å². The van der Waals surface area contributed by atoms with E-state index in [9.17, 15) is 0 Å². The average molecular weight is 277 g/mol. The maximum absolute atomic E-state index is 4.58. The van der Waals surface area contributed by atoms with Crippen LogP contribution in [-0.4, -0.2) is 23.4 Å². The number of nitrogens with zero attached hydrogens (tertiary/aromatic N) is 2. The zero-order chi connectivity index (χ0) is 14.8. The van der Waals surface area contributed by atoms with Gasteiger partial charge in [-0.3, -0.25) is 4.68 Å². The Morgan fingerprint density at radius 2 is 2.05 bits per heavy atom. The fourth-order valence-electron chi connectivity index (χ4n) is 3.73. The molecule has 0 radical (unpaired) electrons. The highest BCUT2D eigenvalue weighted by Gasteiger charge is 2.35. The van der Waals surface area contributed by atoms with E-state index in [-0.39, 0.29) is 0 Å². The quantitative estimate of drug-likeness (QED) is 0.915. The van der Waals surface area contributed by atoms with Crippen molar-refractivity contribution in [2.75, 3.05) is 13.6 Å².